The lowest BCUT2D eigenvalue weighted by Gasteiger charge is -2.36. The number of hydrogen-bond donors (Lipinski definition) is 0. The summed E-state index contributed by atoms with van der Waals surface area (Å²) >= 11 is 0. The van der Waals surface area contributed by atoms with Gasteiger partial charge >= 0.3 is 0 Å². The minimum Gasteiger partial charge on any atom is -0.367 e. The van der Waals surface area contributed by atoms with Crippen LogP contribution in [-0.4, -0.2) is 52.4 Å². The lowest BCUT2D eigenvalue weighted by atomic mass is 10.3. The summed E-state index contributed by atoms with van der Waals surface area (Å²) in [6, 6.07) is 3.29. The predicted octanol–water partition coefficient (Wildman–Crippen LogP) is 1.24. The van der Waals surface area contributed by atoms with Gasteiger partial charge in [-0.3, -0.25) is 4.79 Å². The SMILES string of the molecule is Cc1cc(C)nc(N2CCN(c3cnn(CC(F)F)c(=O)c3)CC2)n1. The third-order valence-electron chi connectivity index (χ3n) is 4.06. The second-order valence-corrected chi connectivity index (χ2v) is 6.05. The van der Waals surface area contributed by atoms with E-state index < -0.39 is 18.5 Å². The van der Waals surface area contributed by atoms with E-state index in [1.165, 1.54) is 12.3 Å². The molecule has 1 aliphatic heterocycles. The van der Waals surface area contributed by atoms with Crippen LogP contribution in [0.4, 0.5) is 20.4 Å². The van der Waals surface area contributed by atoms with Crippen molar-refractivity contribution in [2.24, 2.45) is 0 Å². The number of alkyl halides is 2. The van der Waals surface area contributed by atoms with Gasteiger partial charge in [-0.1, -0.05) is 0 Å². The molecule has 1 saturated heterocycles. The smallest absolute Gasteiger partial charge is 0.269 e. The predicted molar refractivity (Wildman–Crippen MR) is 90.4 cm³/mol. The molecule has 134 valence electrons. The Morgan fingerprint density at radius 3 is 2.20 bits per heavy atom. The second kappa shape index (κ2) is 7.12. The van der Waals surface area contributed by atoms with Crippen molar-refractivity contribution in [3.8, 4) is 0 Å². The molecule has 0 N–H and O–H groups in total. The molecular weight excluding hydrogens is 330 g/mol. The molecule has 0 aromatic carbocycles. The van der Waals surface area contributed by atoms with Gasteiger partial charge < -0.3 is 9.80 Å². The standard InChI is InChI=1S/C16H20F2N6O/c1-11-7-12(2)21-16(20-11)23-5-3-22(4-6-23)13-8-15(25)24(19-9-13)10-14(17)18/h7-9,14H,3-6,10H2,1-2H3. The molecule has 0 atom stereocenters. The summed E-state index contributed by atoms with van der Waals surface area (Å²) in [5.41, 5.74) is 1.99. The quantitative estimate of drug-likeness (QED) is 0.827. The van der Waals surface area contributed by atoms with Gasteiger partial charge in [-0.15, -0.1) is 0 Å². The van der Waals surface area contributed by atoms with Gasteiger partial charge in [0, 0.05) is 43.6 Å². The molecule has 0 unspecified atom stereocenters. The Morgan fingerprint density at radius 2 is 1.64 bits per heavy atom. The third kappa shape index (κ3) is 4.09. The van der Waals surface area contributed by atoms with E-state index >= 15 is 0 Å². The van der Waals surface area contributed by atoms with Gasteiger partial charge in [0.2, 0.25) is 5.95 Å². The molecule has 2 aromatic heterocycles. The molecule has 0 amide bonds. The van der Waals surface area contributed by atoms with E-state index in [1.807, 2.05) is 24.8 Å². The number of piperazine rings is 1. The minimum absolute atomic E-state index is 0.516. The maximum absolute atomic E-state index is 12.4. The first-order valence-corrected chi connectivity index (χ1v) is 8.10. The molecule has 3 heterocycles. The van der Waals surface area contributed by atoms with Crippen LogP contribution in [0.25, 0.3) is 0 Å². The van der Waals surface area contributed by atoms with Crippen LogP contribution in [0.2, 0.25) is 0 Å². The average Bonchev–Trinajstić information content (AvgIpc) is 2.55. The number of nitrogens with zero attached hydrogens (tertiary/aromatic N) is 6. The molecule has 0 aliphatic carbocycles. The van der Waals surface area contributed by atoms with E-state index in [2.05, 4.69) is 20.0 Å². The summed E-state index contributed by atoms with van der Waals surface area (Å²) in [4.78, 5) is 24.9. The Morgan fingerprint density at radius 1 is 1.04 bits per heavy atom. The lowest BCUT2D eigenvalue weighted by Crippen LogP contribution is -2.47. The highest BCUT2D eigenvalue weighted by Crippen LogP contribution is 2.17. The first-order valence-electron chi connectivity index (χ1n) is 8.10. The van der Waals surface area contributed by atoms with E-state index in [1.54, 1.807) is 0 Å². The van der Waals surface area contributed by atoms with Crippen LogP contribution in [-0.2, 0) is 6.54 Å². The summed E-state index contributed by atoms with van der Waals surface area (Å²) in [6.07, 6.45) is -1.13. The number of anilines is 2. The van der Waals surface area contributed by atoms with Crippen LogP contribution < -0.4 is 15.4 Å². The molecule has 0 spiro atoms. The second-order valence-electron chi connectivity index (χ2n) is 6.05. The van der Waals surface area contributed by atoms with Crippen LogP contribution in [0, 0.1) is 13.8 Å². The monoisotopic (exact) mass is 350 g/mol. The van der Waals surface area contributed by atoms with Crippen molar-refractivity contribution >= 4 is 11.6 Å². The van der Waals surface area contributed by atoms with Crippen molar-refractivity contribution in [2.45, 2.75) is 26.8 Å². The number of aryl methyl sites for hydroxylation is 2. The molecule has 1 fully saturated rings. The van der Waals surface area contributed by atoms with Gasteiger partial charge in [0.1, 0.15) is 6.54 Å². The van der Waals surface area contributed by atoms with E-state index in [4.69, 9.17) is 0 Å². The fourth-order valence-corrected chi connectivity index (χ4v) is 2.88. The number of hydrogen-bond acceptors (Lipinski definition) is 6. The van der Waals surface area contributed by atoms with E-state index in [0.29, 0.717) is 37.8 Å². The van der Waals surface area contributed by atoms with E-state index in [9.17, 15) is 13.6 Å². The molecule has 1 aliphatic rings. The van der Waals surface area contributed by atoms with Crippen molar-refractivity contribution in [1.29, 1.82) is 0 Å². The fourth-order valence-electron chi connectivity index (χ4n) is 2.88. The van der Waals surface area contributed by atoms with Crippen LogP contribution in [0.3, 0.4) is 0 Å². The van der Waals surface area contributed by atoms with Crippen molar-refractivity contribution < 1.29 is 8.78 Å². The Hall–Kier alpha value is -2.58. The largest absolute Gasteiger partial charge is 0.367 e. The maximum atomic E-state index is 12.4. The van der Waals surface area contributed by atoms with Crippen LogP contribution in [0.15, 0.2) is 23.1 Å². The molecule has 25 heavy (non-hydrogen) atoms. The Labute approximate surface area is 143 Å². The first kappa shape index (κ1) is 17.2. The van der Waals surface area contributed by atoms with Gasteiger partial charge in [-0.05, 0) is 19.9 Å². The van der Waals surface area contributed by atoms with Crippen LogP contribution in [0.1, 0.15) is 11.4 Å². The minimum atomic E-state index is -2.60. The highest BCUT2D eigenvalue weighted by molar-refractivity contribution is 5.46. The van der Waals surface area contributed by atoms with Gasteiger partial charge in [0.25, 0.3) is 12.0 Å². The molecule has 0 radical (unpaired) electrons. The third-order valence-corrected chi connectivity index (χ3v) is 4.06. The molecule has 3 rings (SSSR count). The zero-order valence-corrected chi connectivity index (χ0v) is 14.2. The Kier molecular flexibility index (Phi) is 4.91. The Bertz CT molecular complexity index is 781. The van der Waals surface area contributed by atoms with Crippen LogP contribution >= 0.6 is 0 Å². The molecule has 2 aromatic rings. The van der Waals surface area contributed by atoms with Gasteiger partial charge in [0.05, 0.1) is 11.9 Å². The summed E-state index contributed by atoms with van der Waals surface area (Å²) in [5.74, 6) is 0.711. The highest BCUT2D eigenvalue weighted by Gasteiger charge is 2.20. The van der Waals surface area contributed by atoms with Crippen molar-refractivity contribution in [3.63, 3.8) is 0 Å². The van der Waals surface area contributed by atoms with Gasteiger partial charge in [-0.25, -0.2) is 23.4 Å². The number of aromatic nitrogens is 4. The highest BCUT2D eigenvalue weighted by atomic mass is 19.3. The molecule has 0 bridgehead atoms. The van der Waals surface area contributed by atoms with E-state index in [-0.39, 0.29) is 0 Å². The first-order chi connectivity index (χ1) is 11.9. The topological polar surface area (TPSA) is 67.2 Å². The maximum Gasteiger partial charge on any atom is 0.269 e. The normalized spacial score (nSPS) is 15.1. The fraction of sp³-hybridized carbons (Fsp3) is 0.500. The molecule has 0 saturated carbocycles. The van der Waals surface area contributed by atoms with E-state index in [0.717, 1.165) is 16.1 Å². The molecule has 7 nitrogen and oxygen atoms in total. The zero-order chi connectivity index (χ0) is 18.0. The Balaban J connectivity index is 1.68. The molecule has 9 heteroatoms. The molecular formula is C16H20F2N6O. The van der Waals surface area contributed by atoms with Gasteiger partial charge in [-0.2, -0.15) is 5.10 Å². The average molecular weight is 350 g/mol. The summed E-state index contributed by atoms with van der Waals surface area (Å²) in [6.45, 7) is 5.97. The van der Waals surface area contributed by atoms with Crippen molar-refractivity contribution in [3.05, 3.63) is 40.1 Å². The number of rotatable bonds is 4. The lowest BCUT2D eigenvalue weighted by molar-refractivity contribution is 0.119. The summed E-state index contributed by atoms with van der Waals surface area (Å²) < 4.78 is 25.6. The summed E-state index contributed by atoms with van der Waals surface area (Å²) in [5, 5.41) is 3.84. The van der Waals surface area contributed by atoms with Crippen molar-refractivity contribution in [2.75, 3.05) is 36.0 Å². The summed E-state index contributed by atoms with van der Waals surface area (Å²) in [7, 11) is 0. The zero-order valence-electron chi connectivity index (χ0n) is 14.2. The number of halogens is 2. The van der Waals surface area contributed by atoms with Crippen molar-refractivity contribution in [1.82, 2.24) is 19.7 Å². The van der Waals surface area contributed by atoms with Crippen LogP contribution in [0.5, 0.6) is 0 Å². The van der Waals surface area contributed by atoms with Gasteiger partial charge in [0.15, 0.2) is 0 Å².